The van der Waals surface area contributed by atoms with Crippen molar-refractivity contribution >= 4 is 17.9 Å². The van der Waals surface area contributed by atoms with Crippen LogP contribution in [0.1, 0.15) is 33.1 Å². The molecule has 2 aliphatic heterocycles. The molecular formula is C17H28N4O4. The van der Waals surface area contributed by atoms with E-state index >= 15 is 0 Å². The number of urea groups is 1. The van der Waals surface area contributed by atoms with Crippen LogP contribution >= 0.6 is 0 Å². The van der Waals surface area contributed by atoms with Crippen molar-refractivity contribution in [2.75, 3.05) is 33.8 Å². The zero-order valence-corrected chi connectivity index (χ0v) is 15.4. The van der Waals surface area contributed by atoms with Crippen molar-refractivity contribution in [3.63, 3.8) is 0 Å². The molecule has 2 heterocycles. The summed E-state index contributed by atoms with van der Waals surface area (Å²) in [7, 11) is 3.48. The first-order chi connectivity index (χ1) is 11.9. The number of likely N-dealkylation sites (N-methyl/N-ethyl adjacent to an activating group) is 1. The van der Waals surface area contributed by atoms with E-state index in [-0.39, 0.29) is 30.6 Å². The summed E-state index contributed by atoms with van der Waals surface area (Å²) >= 11 is 0. The molecule has 1 saturated heterocycles. The van der Waals surface area contributed by atoms with Gasteiger partial charge in [-0.2, -0.15) is 0 Å². The molecule has 2 atom stereocenters. The highest BCUT2D eigenvalue weighted by atomic mass is 16.5. The molecular weight excluding hydrogens is 324 g/mol. The van der Waals surface area contributed by atoms with Gasteiger partial charge in [0.05, 0.1) is 24.3 Å². The number of likely N-dealkylation sites (tertiary alicyclic amines) is 1. The Morgan fingerprint density at radius 3 is 2.64 bits per heavy atom. The van der Waals surface area contributed by atoms with Crippen LogP contribution < -0.4 is 10.6 Å². The average Bonchev–Trinajstić information content (AvgIpc) is 3.01. The maximum atomic E-state index is 12.4. The Morgan fingerprint density at radius 1 is 1.32 bits per heavy atom. The summed E-state index contributed by atoms with van der Waals surface area (Å²) in [5, 5.41) is 5.51. The highest BCUT2D eigenvalue weighted by Crippen LogP contribution is 2.23. The topological polar surface area (TPSA) is 91.0 Å². The van der Waals surface area contributed by atoms with E-state index in [2.05, 4.69) is 10.6 Å². The Kier molecular flexibility index (Phi) is 6.41. The van der Waals surface area contributed by atoms with Gasteiger partial charge < -0.3 is 20.3 Å². The van der Waals surface area contributed by atoms with Crippen LogP contribution in [-0.2, 0) is 14.3 Å². The zero-order chi connectivity index (χ0) is 18.6. The predicted molar refractivity (Wildman–Crippen MR) is 92.7 cm³/mol. The van der Waals surface area contributed by atoms with Crippen molar-refractivity contribution in [3.8, 4) is 0 Å². The van der Waals surface area contributed by atoms with E-state index in [0.29, 0.717) is 24.2 Å². The Labute approximate surface area is 148 Å². The molecule has 2 unspecified atom stereocenters. The van der Waals surface area contributed by atoms with Gasteiger partial charge in [0, 0.05) is 26.3 Å². The lowest BCUT2D eigenvalue weighted by Gasteiger charge is -2.32. The molecule has 3 amide bonds. The maximum absolute atomic E-state index is 12.4. The van der Waals surface area contributed by atoms with Gasteiger partial charge in [-0.05, 0) is 32.7 Å². The number of esters is 1. The van der Waals surface area contributed by atoms with Crippen molar-refractivity contribution in [2.24, 2.45) is 0 Å². The summed E-state index contributed by atoms with van der Waals surface area (Å²) in [6.07, 6.45) is 2.28. The van der Waals surface area contributed by atoms with Gasteiger partial charge in [0.2, 0.25) is 5.91 Å². The highest BCUT2D eigenvalue weighted by molar-refractivity contribution is 5.95. The lowest BCUT2D eigenvalue weighted by atomic mass is 9.99. The van der Waals surface area contributed by atoms with Crippen molar-refractivity contribution in [1.82, 2.24) is 20.4 Å². The molecule has 0 spiro atoms. The molecule has 0 aromatic heterocycles. The van der Waals surface area contributed by atoms with Crippen LogP contribution in [0.3, 0.4) is 0 Å². The van der Waals surface area contributed by atoms with Crippen LogP contribution in [0.2, 0.25) is 0 Å². The van der Waals surface area contributed by atoms with Crippen LogP contribution in [0.15, 0.2) is 11.3 Å². The molecule has 8 nitrogen and oxygen atoms in total. The van der Waals surface area contributed by atoms with Gasteiger partial charge in [-0.25, -0.2) is 9.59 Å². The third-order valence-electron chi connectivity index (χ3n) is 4.60. The Hall–Kier alpha value is -2.09. The monoisotopic (exact) mass is 352 g/mol. The first kappa shape index (κ1) is 19.2. The van der Waals surface area contributed by atoms with Crippen LogP contribution in [0.4, 0.5) is 4.79 Å². The van der Waals surface area contributed by atoms with Gasteiger partial charge in [-0.1, -0.05) is 6.92 Å². The molecule has 140 valence electrons. The number of carbonyl (C=O) groups is 3. The van der Waals surface area contributed by atoms with Gasteiger partial charge in [-0.15, -0.1) is 0 Å². The second kappa shape index (κ2) is 8.33. The van der Waals surface area contributed by atoms with Crippen molar-refractivity contribution in [2.45, 2.75) is 45.2 Å². The Balaban J connectivity index is 2.29. The second-order valence-electron chi connectivity index (χ2n) is 6.53. The fraction of sp³-hybridized carbons (Fsp3) is 0.706. The fourth-order valence-electron chi connectivity index (χ4n) is 3.38. The molecule has 0 aromatic carbocycles. The van der Waals surface area contributed by atoms with Gasteiger partial charge in [0.15, 0.2) is 0 Å². The maximum Gasteiger partial charge on any atom is 0.337 e. The molecule has 0 bridgehead atoms. The normalized spacial score (nSPS) is 23.9. The summed E-state index contributed by atoms with van der Waals surface area (Å²) in [6.45, 7) is 5.03. The first-order valence-electron chi connectivity index (χ1n) is 8.81. The summed E-state index contributed by atoms with van der Waals surface area (Å²) in [5.41, 5.74) is 0.986. The van der Waals surface area contributed by atoms with Gasteiger partial charge in [0.25, 0.3) is 0 Å². The Morgan fingerprint density at radius 2 is 2.04 bits per heavy atom. The predicted octanol–water partition coefficient (Wildman–Crippen LogP) is 0.448. The minimum absolute atomic E-state index is 0.0445. The molecule has 0 saturated carbocycles. The quantitative estimate of drug-likeness (QED) is 0.677. The number of amides is 3. The summed E-state index contributed by atoms with van der Waals surface area (Å²) in [4.78, 5) is 40.4. The van der Waals surface area contributed by atoms with E-state index in [9.17, 15) is 14.4 Å². The van der Waals surface area contributed by atoms with E-state index in [1.807, 2.05) is 11.8 Å². The molecule has 0 aliphatic carbocycles. The smallest absolute Gasteiger partial charge is 0.337 e. The second-order valence-corrected chi connectivity index (χ2v) is 6.53. The molecule has 1 fully saturated rings. The largest absolute Gasteiger partial charge is 0.463 e. The molecule has 2 aliphatic rings. The number of carbonyl (C=O) groups excluding carboxylic acids is 3. The molecule has 0 radical (unpaired) electrons. The third kappa shape index (κ3) is 4.31. The summed E-state index contributed by atoms with van der Waals surface area (Å²) in [6, 6.07) is -0.934. The van der Waals surface area contributed by atoms with Crippen LogP contribution in [0.25, 0.3) is 0 Å². The summed E-state index contributed by atoms with van der Waals surface area (Å²) < 4.78 is 5.17. The molecule has 0 aromatic rings. The lowest BCUT2D eigenvalue weighted by Crippen LogP contribution is -2.53. The third-order valence-corrected chi connectivity index (χ3v) is 4.60. The number of ether oxygens (including phenoxy) is 1. The fourth-order valence-corrected chi connectivity index (χ4v) is 3.38. The van der Waals surface area contributed by atoms with E-state index < -0.39 is 5.97 Å². The van der Waals surface area contributed by atoms with Crippen LogP contribution in [0.5, 0.6) is 0 Å². The number of nitrogens with one attached hydrogen (secondary N) is 2. The highest BCUT2D eigenvalue weighted by Gasteiger charge is 2.36. The van der Waals surface area contributed by atoms with Gasteiger partial charge >= 0.3 is 12.0 Å². The number of hydrogen-bond acceptors (Lipinski definition) is 5. The molecule has 2 rings (SSSR count). The number of rotatable bonds is 6. The number of hydrogen-bond donors (Lipinski definition) is 2. The standard InChI is InChI=1S/C17H28N4O4/c1-5-11-14(16(23)25-6-2)12(19-17(24)18-11)10-21-9-7-8-13(21)15(22)20(3)4/h11,13H,5-10H2,1-4H3,(H2,18,19,24). The molecule has 2 N–H and O–H groups in total. The van der Waals surface area contributed by atoms with Crippen molar-refractivity contribution < 1.29 is 19.1 Å². The van der Waals surface area contributed by atoms with Crippen molar-refractivity contribution in [1.29, 1.82) is 0 Å². The van der Waals surface area contributed by atoms with Gasteiger partial charge in [-0.3, -0.25) is 9.69 Å². The van der Waals surface area contributed by atoms with Crippen LogP contribution in [0, 0.1) is 0 Å². The molecule has 25 heavy (non-hydrogen) atoms. The van der Waals surface area contributed by atoms with E-state index in [4.69, 9.17) is 4.74 Å². The van der Waals surface area contributed by atoms with Gasteiger partial charge in [0.1, 0.15) is 0 Å². The minimum atomic E-state index is -0.425. The summed E-state index contributed by atoms with van der Waals surface area (Å²) in [5.74, 6) is -0.380. The lowest BCUT2D eigenvalue weighted by molar-refractivity contribution is -0.139. The van der Waals surface area contributed by atoms with Crippen molar-refractivity contribution in [3.05, 3.63) is 11.3 Å². The van der Waals surface area contributed by atoms with E-state index in [1.54, 1.807) is 25.9 Å². The van der Waals surface area contributed by atoms with E-state index in [0.717, 1.165) is 19.4 Å². The first-order valence-corrected chi connectivity index (χ1v) is 8.81. The number of nitrogens with zero attached hydrogens (tertiary/aromatic N) is 2. The Bertz CT molecular complexity index is 573. The SMILES string of the molecule is CCOC(=O)C1=C(CN2CCCC2C(=O)N(C)C)NC(=O)NC1CC. The van der Waals surface area contributed by atoms with Crippen LogP contribution in [-0.4, -0.2) is 73.6 Å². The minimum Gasteiger partial charge on any atom is -0.463 e. The zero-order valence-electron chi connectivity index (χ0n) is 15.4. The average molecular weight is 352 g/mol. The molecule has 8 heteroatoms. The van der Waals surface area contributed by atoms with E-state index in [1.165, 1.54) is 0 Å².